The molecule has 0 aliphatic carbocycles. The van der Waals surface area contributed by atoms with Gasteiger partial charge in [-0.3, -0.25) is 0 Å². The Hall–Kier alpha value is 0.0700. The van der Waals surface area contributed by atoms with E-state index >= 15 is 0 Å². The van der Waals surface area contributed by atoms with E-state index in [1.165, 1.54) is 38.5 Å². The highest BCUT2D eigenvalue weighted by atomic mass is 32.1. The van der Waals surface area contributed by atoms with Gasteiger partial charge in [0.2, 0.25) is 0 Å². The summed E-state index contributed by atoms with van der Waals surface area (Å²) in [6.07, 6.45) is 7.89. The van der Waals surface area contributed by atoms with Crippen LogP contribution in [0.5, 0.6) is 0 Å². The molecule has 0 saturated carbocycles. The Labute approximate surface area is 92.9 Å². The summed E-state index contributed by atoms with van der Waals surface area (Å²) in [7, 11) is 0. The molecule has 0 aromatic heterocycles. The molecule has 0 aliphatic rings. The molecule has 0 spiro atoms. The predicted molar refractivity (Wildman–Crippen MR) is 67.3 cm³/mol. The number of hydrogen-bond acceptors (Lipinski definition) is 2. The van der Waals surface area contributed by atoms with Crippen LogP contribution >= 0.6 is 12.2 Å². The number of quaternary nitrogens is 1. The Morgan fingerprint density at radius 1 is 1.15 bits per heavy atom. The standard InChI is InChI=1S/C9H19NS2.H3N/c1-2-3-4-5-6-7-8-10-9(11)12;/h2-8H2,1H3,(H2,10,11,12);1H3. The minimum absolute atomic E-state index is 0. The first-order chi connectivity index (χ1) is 5.77. The van der Waals surface area contributed by atoms with E-state index in [9.17, 15) is 0 Å². The van der Waals surface area contributed by atoms with Gasteiger partial charge in [0.1, 0.15) is 0 Å². The molecule has 0 rings (SSSR count). The first-order valence-corrected chi connectivity index (χ1v) is 5.54. The highest BCUT2D eigenvalue weighted by Crippen LogP contribution is 2.03. The SMILES string of the molecule is CCCCCCCCNC(=S)[S-].[NH4+]. The van der Waals surface area contributed by atoms with Gasteiger partial charge in [0.05, 0.1) is 0 Å². The van der Waals surface area contributed by atoms with Crippen LogP contribution in [0, 0.1) is 0 Å². The lowest BCUT2D eigenvalue weighted by Crippen LogP contribution is -2.19. The van der Waals surface area contributed by atoms with Gasteiger partial charge in [0.15, 0.2) is 0 Å². The van der Waals surface area contributed by atoms with E-state index in [2.05, 4.69) is 12.2 Å². The van der Waals surface area contributed by atoms with Crippen LogP contribution in [0.4, 0.5) is 0 Å². The van der Waals surface area contributed by atoms with Crippen molar-refractivity contribution < 1.29 is 0 Å². The zero-order chi connectivity index (χ0) is 9.23. The second kappa shape index (κ2) is 12.1. The Balaban J connectivity index is 0. The van der Waals surface area contributed by atoms with Crippen molar-refractivity contribution in [1.29, 1.82) is 0 Å². The molecule has 4 heteroatoms. The first-order valence-electron chi connectivity index (χ1n) is 4.72. The first kappa shape index (κ1) is 15.5. The van der Waals surface area contributed by atoms with E-state index in [4.69, 9.17) is 24.8 Å². The molecule has 0 bridgehead atoms. The third kappa shape index (κ3) is 14.9. The van der Waals surface area contributed by atoms with Crippen LogP contribution in [-0.4, -0.2) is 10.9 Å². The van der Waals surface area contributed by atoms with Crippen molar-refractivity contribution in [3.63, 3.8) is 0 Å². The molecule has 0 saturated heterocycles. The number of nitrogens with one attached hydrogen (secondary N) is 1. The fourth-order valence-electron chi connectivity index (χ4n) is 1.10. The number of unbranched alkanes of at least 4 members (excludes halogenated alkanes) is 5. The second-order valence-electron chi connectivity index (χ2n) is 2.98. The van der Waals surface area contributed by atoms with Crippen LogP contribution < -0.4 is 11.5 Å². The van der Waals surface area contributed by atoms with Gasteiger partial charge < -0.3 is 36.3 Å². The molecular formula is C9H22N2S2. The van der Waals surface area contributed by atoms with Gasteiger partial charge in [-0.25, -0.2) is 0 Å². The monoisotopic (exact) mass is 222 g/mol. The molecule has 0 atom stereocenters. The largest absolute Gasteiger partial charge is 0.412 e. The highest BCUT2D eigenvalue weighted by Gasteiger charge is 1.88. The molecule has 2 nitrogen and oxygen atoms in total. The smallest absolute Gasteiger partial charge is 0.0132 e. The number of rotatable bonds is 7. The number of hydrogen-bond donors (Lipinski definition) is 2. The molecule has 13 heavy (non-hydrogen) atoms. The summed E-state index contributed by atoms with van der Waals surface area (Å²) in [6, 6.07) is 0. The van der Waals surface area contributed by atoms with Crippen LogP contribution in [0.3, 0.4) is 0 Å². The quantitative estimate of drug-likeness (QED) is 0.395. The molecule has 0 radical (unpaired) electrons. The van der Waals surface area contributed by atoms with E-state index < -0.39 is 0 Å². The Morgan fingerprint density at radius 2 is 1.69 bits per heavy atom. The molecule has 0 aliphatic heterocycles. The fraction of sp³-hybridized carbons (Fsp3) is 0.889. The van der Waals surface area contributed by atoms with Crippen LogP contribution in [0.15, 0.2) is 0 Å². The summed E-state index contributed by atoms with van der Waals surface area (Å²) < 4.78 is 0.503. The van der Waals surface area contributed by atoms with E-state index in [-0.39, 0.29) is 6.15 Å². The minimum Gasteiger partial charge on any atom is -0.412 e. The van der Waals surface area contributed by atoms with Crippen molar-refractivity contribution in [2.24, 2.45) is 0 Å². The van der Waals surface area contributed by atoms with Gasteiger partial charge in [-0.1, -0.05) is 43.3 Å². The Morgan fingerprint density at radius 3 is 2.23 bits per heavy atom. The van der Waals surface area contributed by atoms with Crippen molar-refractivity contribution >= 4 is 29.2 Å². The third-order valence-electron chi connectivity index (χ3n) is 1.80. The highest BCUT2D eigenvalue weighted by molar-refractivity contribution is 8.00. The lowest BCUT2D eigenvalue weighted by atomic mass is 10.1. The maximum absolute atomic E-state index is 4.72. The molecule has 5 N–H and O–H groups in total. The zero-order valence-corrected chi connectivity index (χ0v) is 10.4. The topological polar surface area (TPSA) is 48.5 Å². The zero-order valence-electron chi connectivity index (χ0n) is 8.77. The van der Waals surface area contributed by atoms with E-state index in [0.717, 1.165) is 6.54 Å². The summed E-state index contributed by atoms with van der Waals surface area (Å²) in [5.74, 6) is 0. The molecule has 0 fully saturated rings. The van der Waals surface area contributed by atoms with Crippen molar-refractivity contribution in [3.8, 4) is 0 Å². The summed E-state index contributed by atoms with van der Waals surface area (Å²) in [5, 5.41) is 2.98. The molecular weight excluding hydrogens is 200 g/mol. The van der Waals surface area contributed by atoms with Crippen LogP contribution in [0.1, 0.15) is 45.4 Å². The van der Waals surface area contributed by atoms with Gasteiger partial charge in [-0.05, 0) is 6.42 Å². The van der Waals surface area contributed by atoms with Gasteiger partial charge >= 0.3 is 0 Å². The maximum Gasteiger partial charge on any atom is 0.0132 e. The third-order valence-corrected chi connectivity index (χ3v) is 2.09. The summed E-state index contributed by atoms with van der Waals surface area (Å²) in [4.78, 5) is 0. The second-order valence-corrected chi connectivity index (χ2v) is 4.06. The Bertz CT molecular complexity index is 118. The lowest BCUT2D eigenvalue weighted by molar-refractivity contribution is 0.603. The van der Waals surface area contributed by atoms with Crippen molar-refractivity contribution in [1.82, 2.24) is 11.5 Å². The molecule has 80 valence electrons. The van der Waals surface area contributed by atoms with Gasteiger partial charge in [-0.15, -0.1) is 0 Å². The fourth-order valence-corrected chi connectivity index (χ4v) is 1.30. The lowest BCUT2D eigenvalue weighted by Gasteiger charge is -2.08. The van der Waals surface area contributed by atoms with Crippen molar-refractivity contribution in [2.75, 3.05) is 6.54 Å². The van der Waals surface area contributed by atoms with Crippen LogP contribution in [-0.2, 0) is 12.6 Å². The van der Waals surface area contributed by atoms with E-state index in [1.54, 1.807) is 0 Å². The molecule has 0 heterocycles. The van der Waals surface area contributed by atoms with Gasteiger partial charge in [0, 0.05) is 6.54 Å². The molecule has 0 amide bonds. The average Bonchev–Trinajstić information content (AvgIpc) is 2.02. The van der Waals surface area contributed by atoms with E-state index in [0.29, 0.717) is 4.32 Å². The molecule has 0 unspecified atom stereocenters. The summed E-state index contributed by atoms with van der Waals surface area (Å²) >= 11 is 9.44. The molecule has 0 aromatic rings. The molecule has 0 aromatic carbocycles. The average molecular weight is 222 g/mol. The van der Waals surface area contributed by atoms with Crippen molar-refractivity contribution in [2.45, 2.75) is 45.4 Å². The van der Waals surface area contributed by atoms with Crippen LogP contribution in [0.25, 0.3) is 0 Å². The van der Waals surface area contributed by atoms with Crippen molar-refractivity contribution in [3.05, 3.63) is 0 Å². The summed E-state index contributed by atoms with van der Waals surface area (Å²) in [5.41, 5.74) is 0. The normalized spacial score (nSPS) is 9.00. The van der Waals surface area contributed by atoms with E-state index in [1.807, 2.05) is 0 Å². The predicted octanol–water partition coefficient (Wildman–Crippen LogP) is 3.14. The van der Waals surface area contributed by atoms with Crippen LogP contribution in [0.2, 0.25) is 0 Å². The minimum atomic E-state index is 0. The number of thiocarbonyl (C=S) groups is 1. The Kier molecular flexibility index (Phi) is 14.4. The van der Waals surface area contributed by atoms with Gasteiger partial charge in [-0.2, -0.15) is 0 Å². The van der Waals surface area contributed by atoms with Gasteiger partial charge in [0.25, 0.3) is 0 Å². The summed E-state index contributed by atoms with van der Waals surface area (Å²) in [6.45, 7) is 3.19. The maximum atomic E-state index is 4.72.